The van der Waals surface area contributed by atoms with Gasteiger partial charge in [0.2, 0.25) is 0 Å². The van der Waals surface area contributed by atoms with Gasteiger partial charge in [-0.25, -0.2) is 0 Å². The maximum atomic E-state index is 10.7. The summed E-state index contributed by atoms with van der Waals surface area (Å²) in [7, 11) is 0. The second kappa shape index (κ2) is 3.81. The standard InChI is InChI=1S/C22H14O/c23-18-6-2-5-16-15-4-1-3-13-11-14-8-7-12-9-10-17(21(16)18)22(19(12)14)20(13)15/h1-5,7-11,18,23H,6H2. The van der Waals surface area contributed by atoms with Crippen molar-refractivity contribution in [2.45, 2.75) is 12.5 Å². The van der Waals surface area contributed by atoms with Gasteiger partial charge in [0.25, 0.3) is 0 Å². The van der Waals surface area contributed by atoms with Crippen LogP contribution in [0.1, 0.15) is 34.8 Å². The fourth-order valence-electron chi connectivity index (χ4n) is 4.56. The first kappa shape index (κ1) is 11.9. The molecule has 1 N–H and O–H groups in total. The molecule has 0 amide bonds. The van der Waals surface area contributed by atoms with Gasteiger partial charge >= 0.3 is 0 Å². The van der Waals surface area contributed by atoms with Crippen molar-refractivity contribution in [2.75, 3.05) is 0 Å². The number of aliphatic hydroxyl groups excluding tert-OH is 1. The largest absolute Gasteiger partial charge is 0.388 e. The third kappa shape index (κ3) is 1.29. The van der Waals surface area contributed by atoms with Gasteiger partial charge in [-0.2, -0.15) is 0 Å². The van der Waals surface area contributed by atoms with Crippen LogP contribution in [-0.4, -0.2) is 5.11 Å². The van der Waals surface area contributed by atoms with Crippen molar-refractivity contribution in [3.8, 4) is 0 Å². The van der Waals surface area contributed by atoms with Crippen molar-refractivity contribution in [1.82, 2.24) is 0 Å². The van der Waals surface area contributed by atoms with E-state index in [1.807, 2.05) is 0 Å². The van der Waals surface area contributed by atoms with Gasteiger partial charge in [-0.15, -0.1) is 0 Å². The molecule has 0 fully saturated rings. The zero-order valence-corrected chi connectivity index (χ0v) is 12.5. The second-order valence-electron chi connectivity index (χ2n) is 6.64. The van der Waals surface area contributed by atoms with Crippen molar-refractivity contribution < 1.29 is 5.11 Å². The first-order chi connectivity index (χ1) is 11.3. The quantitative estimate of drug-likeness (QED) is 0.373. The van der Waals surface area contributed by atoms with Crippen LogP contribution in [0, 0.1) is 0 Å². The SMILES string of the molecule is OC1CC=Cc2c1c1ccc3c4c(cc5cccc2c5c14)C=C3. The molecule has 1 heteroatoms. The molecule has 2 aliphatic carbocycles. The Morgan fingerprint density at radius 1 is 0.826 bits per heavy atom. The highest BCUT2D eigenvalue weighted by molar-refractivity contribution is 6.30. The lowest BCUT2D eigenvalue weighted by molar-refractivity contribution is 0.182. The molecule has 108 valence electrons. The third-order valence-electron chi connectivity index (χ3n) is 5.47. The van der Waals surface area contributed by atoms with Crippen LogP contribution in [-0.2, 0) is 0 Å². The van der Waals surface area contributed by atoms with Gasteiger partial charge in [0.15, 0.2) is 0 Å². The lowest BCUT2D eigenvalue weighted by Gasteiger charge is -2.24. The summed E-state index contributed by atoms with van der Waals surface area (Å²) < 4.78 is 0. The van der Waals surface area contributed by atoms with Crippen LogP contribution in [0.15, 0.2) is 42.5 Å². The minimum atomic E-state index is -0.412. The molecule has 4 aromatic carbocycles. The summed E-state index contributed by atoms with van der Waals surface area (Å²) in [5, 5.41) is 18.4. The van der Waals surface area contributed by atoms with Crippen LogP contribution in [0.25, 0.3) is 50.5 Å². The zero-order valence-electron chi connectivity index (χ0n) is 12.5. The Hall–Kier alpha value is -2.64. The smallest absolute Gasteiger partial charge is 0.0836 e. The molecular weight excluding hydrogens is 280 g/mol. The molecule has 2 aliphatic rings. The summed E-state index contributed by atoms with van der Waals surface area (Å²) in [5.74, 6) is 0. The molecule has 6 rings (SSSR count). The predicted molar refractivity (Wildman–Crippen MR) is 97.7 cm³/mol. The molecule has 0 saturated heterocycles. The van der Waals surface area contributed by atoms with E-state index in [1.54, 1.807) is 0 Å². The second-order valence-corrected chi connectivity index (χ2v) is 6.64. The molecular formula is C22H14O. The minimum absolute atomic E-state index is 0.412. The van der Waals surface area contributed by atoms with E-state index in [0.717, 1.165) is 5.56 Å². The topological polar surface area (TPSA) is 20.2 Å². The highest BCUT2D eigenvalue weighted by Gasteiger charge is 2.24. The average molecular weight is 294 g/mol. The number of benzene rings is 4. The molecule has 0 saturated carbocycles. The Kier molecular flexibility index (Phi) is 1.97. The van der Waals surface area contributed by atoms with E-state index >= 15 is 0 Å². The number of hydrogen-bond acceptors (Lipinski definition) is 1. The Morgan fingerprint density at radius 3 is 2.70 bits per heavy atom. The average Bonchev–Trinajstić information content (AvgIpc) is 2.99. The minimum Gasteiger partial charge on any atom is -0.388 e. The number of hydrogen-bond donors (Lipinski definition) is 1. The van der Waals surface area contributed by atoms with Gasteiger partial charge in [-0.05, 0) is 67.1 Å². The summed E-state index contributed by atoms with van der Waals surface area (Å²) in [4.78, 5) is 0. The van der Waals surface area contributed by atoms with E-state index in [0.29, 0.717) is 6.42 Å². The molecule has 0 heterocycles. The molecule has 0 bridgehead atoms. The maximum absolute atomic E-state index is 10.7. The highest BCUT2D eigenvalue weighted by Crippen LogP contribution is 2.47. The Labute approximate surface area is 133 Å². The number of rotatable bonds is 0. The number of aliphatic hydroxyl groups is 1. The fraction of sp³-hybridized carbons (Fsp3) is 0.0909. The van der Waals surface area contributed by atoms with E-state index in [-0.39, 0.29) is 0 Å². The van der Waals surface area contributed by atoms with Crippen molar-refractivity contribution in [1.29, 1.82) is 0 Å². The van der Waals surface area contributed by atoms with E-state index in [9.17, 15) is 5.11 Å². The van der Waals surface area contributed by atoms with Crippen molar-refractivity contribution >= 4 is 50.5 Å². The third-order valence-corrected chi connectivity index (χ3v) is 5.47. The van der Waals surface area contributed by atoms with Crippen molar-refractivity contribution in [2.24, 2.45) is 0 Å². The lowest BCUT2D eigenvalue weighted by Crippen LogP contribution is -2.05. The molecule has 0 aliphatic heterocycles. The summed E-state index contributed by atoms with van der Waals surface area (Å²) in [5.41, 5.74) is 4.88. The summed E-state index contributed by atoms with van der Waals surface area (Å²) >= 11 is 0. The maximum Gasteiger partial charge on any atom is 0.0836 e. The summed E-state index contributed by atoms with van der Waals surface area (Å²) in [6.07, 6.45) is 8.98. The first-order valence-corrected chi connectivity index (χ1v) is 8.13. The molecule has 0 radical (unpaired) electrons. The van der Waals surface area contributed by atoms with Gasteiger partial charge in [0.1, 0.15) is 0 Å². The van der Waals surface area contributed by atoms with Gasteiger partial charge in [-0.3, -0.25) is 0 Å². The molecule has 1 atom stereocenters. The fourth-order valence-corrected chi connectivity index (χ4v) is 4.56. The van der Waals surface area contributed by atoms with Gasteiger partial charge in [-0.1, -0.05) is 54.6 Å². The molecule has 0 aromatic heterocycles. The van der Waals surface area contributed by atoms with E-state index in [2.05, 4.69) is 60.7 Å². The van der Waals surface area contributed by atoms with Crippen LogP contribution in [0.4, 0.5) is 0 Å². The summed E-state index contributed by atoms with van der Waals surface area (Å²) in [6, 6.07) is 13.2. The van der Waals surface area contributed by atoms with Gasteiger partial charge in [0, 0.05) is 0 Å². The normalized spacial score (nSPS) is 18.6. The van der Waals surface area contributed by atoms with E-state index < -0.39 is 6.10 Å². The Bertz CT molecular complexity index is 1190. The molecule has 1 nitrogen and oxygen atoms in total. The van der Waals surface area contributed by atoms with E-state index in [1.165, 1.54) is 49.0 Å². The molecule has 23 heavy (non-hydrogen) atoms. The van der Waals surface area contributed by atoms with Crippen LogP contribution in [0.2, 0.25) is 0 Å². The molecule has 4 aromatic rings. The van der Waals surface area contributed by atoms with Crippen LogP contribution < -0.4 is 0 Å². The number of fused-ring (bicyclic) bond motifs is 3. The van der Waals surface area contributed by atoms with Gasteiger partial charge < -0.3 is 5.11 Å². The van der Waals surface area contributed by atoms with Crippen LogP contribution in [0.3, 0.4) is 0 Å². The van der Waals surface area contributed by atoms with Crippen LogP contribution >= 0.6 is 0 Å². The predicted octanol–water partition coefficient (Wildman–Crippen LogP) is 5.52. The van der Waals surface area contributed by atoms with Gasteiger partial charge in [0.05, 0.1) is 6.10 Å². The Morgan fingerprint density at radius 2 is 1.74 bits per heavy atom. The first-order valence-electron chi connectivity index (χ1n) is 8.13. The molecule has 0 spiro atoms. The van der Waals surface area contributed by atoms with Crippen molar-refractivity contribution in [3.05, 3.63) is 64.7 Å². The monoisotopic (exact) mass is 294 g/mol. The van der Waals surface area contributed by atoms with Crippen LogP contribution in [0.5, 0.6) is 0 Å². The highest BCUT2D eigenvalue weighted by atomic mass is 16.3. The van der Waals surface area contributed by atoms with Crippen molar-refractivity contribution in [3.63, 3.8) is 0 Å². The molecule has 1 unspecified atom stereocenters. The summed E-state index contributed by atoms with van der Waals surface area (Å²) in [6.45, 7) is 0. The zero-order chi connectivity index (χ0) is 15.1. The van der Waals surface area contributed by atoms with E-state index in [4.69, 9.17) is 0 Å². The lowest BCUT2D eigenvalue weighted by atomic mass is 9.81. The Balaban J connectivity index is 2.04.